The number of phenols is 1. The zero-order valence-corrected chi connectivity index (χ0v) is 14.1. The zero-order chi connectivity index (χ0) is 15.7. The molecule has 0 bridgehead atoms. The second-order valence-corrected chi connectivity index (χ2v) is 5.75. The predicted octanol–water partition coefficient (Wildman–Crippen LogP) is 2.47. The van der Waals surface area contributed by atoms with E-state index in [4.69, 9.17) is 10.8 Å². The van der Waals surface area contributed by atoms with Gasteiger partial charge in [0.1, 0.15) is 5.75 Å². The molecule has 0 unspecified atom stereocenters. The summed E-state index contributed by atoms with van der Waals surface area (Å²) in [5.74, 6) is -1.91. The van der Waals surface area contributed by atoms with Crippen molar-refractivity contribution in [3.63, 3.8) is 0 Å². The quantitative estimate of drug-likeness (QED) is 0.690. The fraction of sp³-hybridized carbons (Fsp3) is 0.385. The van der Waals surface area contributed by atoms with Crippen LogP contribution in [0.4, 0.5) is 0 Å². The molecule has 0 aliphatic carbocycles. The van der Waals surface area contributed by atoms with Gasteiger partial charge in [-0.3, -0.25) is 4.79 Å². The number of carboxylic acids is 1. The molecule has 21 heavy (non-hydrogen) atoms. The molecule has 0 radical (unpaired) electrons. The third kappa shape index (κ3) is 3.87. The van der Waals surface area contributed by atoms with Crippen LogP contribution in [-0.4, -0.2) is 29.3 Å². The number of esters is 1. The van der Waals surface area contributed by atoms with E-state index in [-0.39, 0.29) is 33.8 Å². The SMILES string of the molecule is COC(=O)C(C)(C)[C@H](N)c1cc(C(=O)O)cc(Br)c1O.Cl. The van der Waals surface area contributed by atoms with Crippen molar-refractivity contribution >= 4 is 40.3 Å². The Morgan fingerprint density at radius 2 is 1.90 bits per heavy atom. The first kappa shape index (κ1) is 19.7. The number of nitrogens with two attached hydrogens (primary N) is 1. The van der Waals surface area contributed by atoms with E-state index in [0.717, 1.165) is 0 Å². The van der Waals surface area contributed by atoms with Crippen molar-refractivity contribution in [2.75, 3.05) is 7.11 Å². The van der Waals surface area contributed by atoms with Crippen LogP contribution in [0.15, 0.2) is 16.6 Å². The molecule has 0 fully saturated rings. The number of benzene rings is 1. The second-order valence-electron chi connectivity index (χ2n) is 4.89. The zero-order valence-electron chi connectivity index (χ0n) is 11.7. The molecular weight excluding hydrogens is 366 g/mol. The molecule has 8 heteroatoms. The fourth-order valence-corrected chi connectivity index (χ4v) is 2.24. The molecule has 0 aliphatic heterocycles. The summed E-state index contributed by atoms with van der Waals surface area (Å²) in [4.78, 5) is 22.8. The number of aromatic hydroxyl groups is 1. The molecule has 4 N–H and O–H groups in total. The molecule has 1 rings (SSSR count). The molecule has 1 atom stereocenters. The van der Waals surface area contributed by atoms with Crippen LogP contribution in [-0.2, 0) is 9.53 Å². The largest absolute Gasteiger partial charge is 0.506 e. The Bertz CT molecular complexity index is 562. The maximum atomic E-state index is 11.8. The molecule has 0 aromatic heterocycles. The van der Waals surface area contributed by atoms with Gasteiger partial charge in [0, 0.05) is 11.6 Å². The van der Waals surface area contributed by atoms with Crippen molar-refractivity contribution in [3.8, 4) is 5.75 Å². The minimum Gasteiger partial charge on any atom is -0.506 e. The van der Waals surface area contributed by atoms with Crippen LogP contribution in [0.5, 0.6) is 5.75 Å². The monoisotopic (exact) mass is 381 g/mol. The first-order valence-corrected chi connectivity index (χ1v) is 6.52. The van der Waals surface area contributed by atoms with Crippen LogP contribution in [0.3, 0.4) is 0 Å². The molecular formula is C13H17BrClNO5. The number of carbonyl (C=O) groups is 2. The molecule has 1 aromatic rings. The van der Waals surface area contributed by atoms with Crippen molar-refractivity contribution in [1.29, 1.82) is 0 Å². The van der Waals surface area contributed by atoms with E-state index in [0.29, 0.717) is 0 Å². The molecule has 6 nitrogen and oxygen atoms in total. The lowest BCUT2D eigenvalue weighted by Crippen LogP contribution is -2.37. The number of hydrogen-bond acceptors (Lipinski definition) is 5. The summed E-state index contributed by atoms with van der Waals surface area (Å²) in [6.07, 6.45) is 0. The van der Waals surface area contributed by atoms with Gasteiger partial charge >= 0.3 is 11.9 Å². The molecule has 0 spiro atoms. The normalized spacial score (nSPS) is 12.2. The van der Waals surface area contributed by atoms with Crippen LogP contribution in [0.25, 0.3) is 0 Å². The first-order chi connectivity index (χ1) is 9.12. The lowest BCUT2D eigenvalue weighted by atomic mass is 9.80. The van der Waals surface area contributed by atoms with Crippen LogP contribution >= 0.6 is 28.3 Å². The Hall–Kier alpha value is -1.31. The first-order valence-electron chi connectivity index (χ1n) is 5.72. The van der Waals surface area contributed by atoms with Gasteiger partial charge in [-0.05, 0) is 41.9 Å². The number of rotatable bonds is 4. The van der Waals surface area contributed by atoms with Crippen molar-refractivity contribution in [2.24, 2.45) is 11.1 Å². The fourth-order valence-electron chi connectivity index (χ4n) is 1.76. The smallest absolute Gasteiger partial charge is 0.335 e. The number of hydrogen-bond donors (Lipinski definition) is 3. The number of carbonyl (C=O) groups excluding carboxylic acids is 1. The van der Waals surface area contributed by atoms with E-state index >= 15 is 0 Å². The van der Waals surface area contributed by atoms with Gasteiger partial charge in [-0.1, -0.05) is 0 Å². The molecule has 1 aromatic carbocycles. The van der Waals surface area contributed by atoms with Gasteiger partial charge in [0.2, 0.25) is 0 Å². The minimum absolute atomic E-state index is 0. The van der Waals surface area contributed by atoms with Crippen molar-refractivity contribution in [2.45, 2.75) is 19.9 Å². The second kappa shape index (κ2) is 7.11. The van der Waals surface area contributed by atoms with Crippen LogP contribution in [0, 0.1) is 5.41 Å². The lowest BCUT2D eigenvalue weighted by Gasteiger charge is -2.29. The average Bonchev–Trinajstić information content (AvgIpc) is 2.39. The van der Waals surface area contributed by atoms with Gasteiger partial charge in [-0.25, -0.2) is 4.79 Å². The minimum atomic E-state index is -1.16. The summed E-state index contributed by atoms with van der Waals surface area (Å²) in [5.41, 5.74) is 5.01. The third-order valence-corrected chi connectivity index (χ3v) is 3.77. The standard InChI is InChI=1S/C13H16BrNO5.ClH/c1-13(2,12(19)20-3)10(15)7-4-6(11(17)18)5-8(14)9(7)16;/h4-5,10,16H,15H2,1-3H3,(H,17,18);1H/t10-;/m1./s1. The highest BCUT2D eigenvalue weighted by Gasteiger charge is 2.38. The molecule has 0 heterocycles. The van der Waals surface area contributed by atoms with Crippen LogP contribution in [0.1, 0.15) is 35.8 Å². The van der Waals surface area contributed by atoms with Crippen molar-refractivity contribution < 1.29 is 24.5 Å². The summed E-state index contributed by atoms with van der Waals surface area (Å²) < 4.78 is 4.87. The van der Waals surface area contributed by atoms with E-state index in [2.05, 4.69) is 20.7 Å². The highest BCUT2D eigenvalue weighted by molar-refractivity contribution is 9.10. The van der Waals surface area contributed by atoms with Crippen LogP contribution < -0.4 is 5.73 Å². The van der Waals surface area contributed by atoms with Gasteiger partial charge < -0.3 is 20.7 Å². The molecule has 118 valence electrons. The number of halogens is 2. The van der Waals surface area contributed by atoms with Crippen LogP contribution in [0.2, 0.25) is 0 Å². The molecule has 0 saturated heterocycles. The Labute approximate surface area is 136 Å². The van der Waals surface area contributed by atoms with E-state index < -0.39 is 23.4 Å². The van der Waals surface area contributed by atoms with E-state index in [1.54, 1.807) is 13.8 Å². The summed E-state index contributed by atoms with van der Waals surface area (Å²) in [6.45, 7) is 3.12. The number of methoxy groups -OCH3 is 1. The Morgan fingerprint density at radius 3 is 2.33 bits per heavy atom. The van der Waals surface area contributed by atoms with Crippen molar-refractivity contribution in [1.82, 2.24) is 0 Å². The highest BCUT2D eigenvalue weighted by Crippen LogP contribution is 2.40. The molecule has 0 aliphatic rings. The summed E-state index contributed by atoms with van der Waals surface area (Å²) in [6, 6.07) is 1.59. The maximum absolute atomic E-state index is 11.8. The Morgan fingerprint density at radius 1 is 1.38 bits per heavy atom. The van der Waals surface area contributed by atoms with Gasteiger partial charge in [0.05, 0.1) is 22.6 Å². The Kier molecular flexibility index (Phi) is 6.66. The predicted molar refractivity (Wildman–Crippen MR) is 82.7 cm³/mol. The number of ether oxygens (including phenoxy) is 1. The van der Waals surface area contributed by atoms with E-state index in [1.165, 1.54) is 19.2 Å². The van der Waals surface area contributed by atoms with Gasteiger partial charge in [0.15, 0.2) is 0 Å². The summed E-state index contributed by atoms with van der Waals surface area (Å²) in [7, 11) is 1.24. The maximum Gasteiger partial charge on any atom is 0.335 e. The number of aromatic carboxylic acids is 1. The number of phenolic OH excluding ortho intramolecular Hbond substituents is 1. The molecule has 0 saturated carbocycles. The third-order valence-electron chi connectivity index (χ3n) is 3.16. The number of carboxylic acid groups (broad SMARTS) is 1. The van der Waals surface area contributed by atoms with E-state index in [9.17, 15) is 14.7 Å². The topological polar surface area (TPSA) is 110 Å². The van der Waals surface area contributed by atoms with Gasteiger partial charge in [-0.2, -0.15) is 0 Å². The van der Waals surface area contributed by atoms with E-state index in [1.807, 2.05) is 0 Å². The lowest BCUT2D eigenvalue weighted by molar-refractivity contribution is -0.152. The average molecular weight is 383 g/mol. The highest BCUT2D eigenvalue weighted by atomic mass is 79.9. The van der Waals surface area contributed by atoms with Crippen molar-refractivity contribution in [3.05, 3.63) is 27.7 Å². The summed E-state index contributed by atoms with van der Waals surface area (Å²) >= 11 is 3.07. The Balaban J connectivity index is 0.00000400. The van der Waals surface area contributed by atoms with Gasteiger partial charge in [-0.15, -0.1) is 12.4 Å². The summed E-state index contributed by atoms with van der Waals surface area (Å²) in [5, 5.41) is 19.0. The molecule has 0 amide bonds. The van der Waals surface area contributed by atoms with Gasteiger partial charge in [0.25, 0.3) is 0 Å².